The molecule has 33 heavy (non-hydrogen) atoms. The number of hydrogen-bond acceptors (Lipinski definition) is 5. The van der Waals surface area contributed by atoms with Gasteiger partial charge < -0.3 is 5.32 Å². The summed E-state index contributed by atoms with van der Waals surface area (Å²) in [7, 11) is 0. The summed E-state index contributed by atoms with van der Waals surface area (Å²) >= 11 is 18.7. The lowest BCUT2D eigenvalue weighted by Gasteiger charge is -2.08. The molecule has 0 aliphatic rings. The zero-order chi connectivity index (χ0) is 23.4. The maximum atomic E-state index is 12.5. The number of hydrogen-bond donors (Lipinski definition) is 2. The highest BCUT2D eigenvalue weighted by Gasteiger charge is 2.13. The van der Waals surface area contributed by atoms with Gasteiger partial charge in [0.1, 0.15) is 0 Å². The van der Waals surface area contributed by atoms with E-state index in [0.29, 0.717) is 37.6 Å². The number of amides is 1. The van der Waals surface area contributed by atoms with E-state index in [0.717, 1.165) is 5.56 Å². The summed E-state index contributed by atoms with van der Waals surface area (Å²) in [5, 5.41) is 8.97. The largest absolute Gasteiger partial charge is 0.308 e. The van der Waals surface area contributed by atoms with Gasteiger partial charge in [0, 0.05) is 32.7 Å². The molecule has 0 fully saturated rings. The molecule has 0 spiro atoms. The molecule has 0 bridgehead atoms. The number of anilines is 1. The second-order valence-corrected chi connectivity index (χ2v) is 8.95. The lowest BCUT2D eigenvalue weighted by molar-refractivity contribution is 0.0975. The summed E-state index contributed by atoms with van der Waals surface area (Å²) in [5.41, 5.74) is 2.86. The molecule has 0 aliphatic carbocycles. The molecule has 3 aromatic carbocycles. The molecular formula is C24H15Cl2N3O2S2. The number of thiocarbonyl (C=S) groups is 1. The molecule has 0 aliphatic heterocycles. The minimum absolute atomic E-state index is 0.104. The fraction of sp³-hybridized carbons (Fsp3) is 0. The van der Waals surface area contributed by atoms with Crippen molar-refractivity contribution in [2.75, 3.05) is 5.32 Å². The Morgan fingerprint density at radius 2 is 1.55 bits per heavy atom. The molecule has 164 valence electrons. The van der Waals surface area contributed by atoms with Gasteiger partial charge in [-0.2, -0.15) is 0 Å². The second kappa shape index (κ2) is 10.2. The Morgan fingerprint density at radius 3 is 2.24 bits per heavy atom. The number of nitrogens with zero attached hydrogens (tertiary/aromatic N) is 1. The minimum atomic E-state index is -0.399. The van der Waals surface area contributed by atoms with E-state index in [1.165, 1.54) is 11.3 Å². The van der Waals surface area contributed by atoms with Crippen molar-refractivity contribution in [1.82, 2.24) is 10.3 Å². The molecule has 1 heterocycles. The molecule has 1 aromatic heterocycles. The number of aromatic nitrogens is 1. The van der Waals surface area contributed by atoms with Gasteiger partial charge in [-0.25, -0.2) is 4.98 Å². The van der Waals surface area contributed by atoms with Crippen molar-refractivity contribution in [1.29, 1.82) is 0 Å². The van der Waals surface area contributed by atoms with E-state index in [1.807, 2.05) is 11.4 Å². The number of ketones is 1. The Hall–Kier alpha value is -3.10. The van der Waals surface area contributed by atoms with E-state index in [2.05, 4.69) is 15.6 Å². The maximum absolute atomic E-state index is 12.5. The normalized spacial score (nSPS) is 10.5. The van der Waals surface area contributed by atoms with Crippen LogP contribution in [0.3, 0.4) is 0 Å². The minimum Gasteiger partial charge on any atom is -0.308 e. The number of rotatable bonds is 5. The molecule has 4 aromatic rings. The van der Waals surface area contributed by atoms with E-state index in [1.54, 1.807) is 66.7 Å². The third-order valence-electron chi connectivity index (χ3n) is 4.60. The van der Waals surface area contributed by atoms with Crippen LogP contribution in [-0.4, -0.2) is 21.8 Å². The molecule has 1 amide bonds. The first-order valence-corrected chi connectivity index (χ1v) is 11.7. The van der Waals surface area contributed by atoms with Crippen molar-refractivity contribution in [3.63, 3.8) is 0 Å². The fourth-order valence-corrected chi connectivity index (χ4v) is 4.46. The van der Waals surface area contributed by atoms with E-state index < -0.39 is 5.91 Å². The lowest BCUT2D eigenvalue weighted by Crippen LogP contribution is -2.34. The molecule has 0 saturated carbocycles. The molecule has 5 nitrogen and oxygen atoms in total. The molecule has 0 atom stereocenters. The van der Waals surface area contributed by atoms with Crippen molar-refractivity contribution < 1.29 is 9.59 Å². The first-order chi connectivity index (χ1) is 15.9. The average Bonchev–Trinajstić information content (AvgIpc) is 3.27. The van der Waals surface area contributed by atoms with Crippen LogP contribution in [0.2, 0.25) is 10.0 Å². The summed E-state index contributed by atoms with van der Waals surface area (Å²) in [6.07, 6.45) is 0. The standard InChI is InChI=1S/C24H15Cl2N3O2S2/c25-17-10-11-18(19(26)12-17)20-13-33-24(27-20)29-23(32)28-22(31)16-8-6-15(7-9-16)21(30)14-4-2-1-3-5-14/h1-13H,(H2,27,28,29,31,32). The highest BCUT2D eigenvalue weighted by atomic mass is 35.5. The highest BCUT2D eigenvalue weighted by Crippen LogP contribution is 2.32. The van der Waals surface area contributed by atoms with Crippen molar-refractivity contribution >= 4 is 68.7 Å². The molecule has 0 saturated heterocycles. The van der Waals surface area contributed by atoms with Gasteiger partial charge in [-0.05, 0) is 42.5 Å². The number of halogens is 2. The van der Waals surface area contributed by atoms with Gasteiger partial charge in [-0.1, -0.05) is 65.7 Å². The number of carbonyl (C=O) groups is 2. The van der Waals surface area contributed by atoms with Crippen LogP contribution >= 0.6 is 46.8 Å². The van der Waals surface area contributed by atoms with Gasteiger partial charge in [0.25, 0.3) is 5.91 Å². The Bertz CT molecular complexity index is 1340. The zero-order valence-corrected chi connectivity index (χ0v) is 20.0. The van der Waals surface area contributed by atoms with Crippen molar-refractivity contribution in [3.8, 4) is 11.3 Å². The van der Waals surface area contributed by atoms with Crippen molar-refractivity contribution in [2.45, 2.75) is 0 Å². The predicted molar refractivity (Wildman–Crippen MR) is 138 cm³/mol. The third kappa shape index (κ3) is 5.64. The summed E-state index contributed by atoms with van der Waals surface area (Å²) < 4.78 is 0. The number of carbonyl (C=O) groups excluding carboxylic acids is 2. The van der Waals surface area contributed by atoms with Gasteiger partial charge in [0.05, 0.1) is 10.7 Å². The number of thiazole rings is 1. The van der Waals surface area contributed by atoms with Crippen molar-refractivity contribution in [2.24, 2.45) is 0 Å². The van der Waals surface area contributed by atoms with Gasteiger partial charge in [-0.15, -0.1) is 11.3 Å². The van der Waals surface area contributed by atoms with E-state index >= 15 is 0 Å². The van der Waals surface area contributed by atoms with Gasteiger partial charge in [0.15, 0.2) is 16.0 Å². The molecule has 0 unspecified atom stereocenters. The van der Waals surface area contributed by atoms with Crippen LogP contribution in [0.1, 0.15) is 26.3 Å². The molecule has 4 rings (SSSR count). The van der Waals surface area contributed by atoms with Gasteiger partial charge in [-0.3, -0.25) is 14.9 Å². The Morgan fingerprint density at radius 1 is 0.879 bits per heavy atom. The molecule has 9 heteroatoms. The monoisotopic (exact) mass is 511 g/mol. The van der Waals surface area contributed by atoms with Crippen LogP contribution in [0.4, 0.5) is 5.13 Å². The van der Waals surface area contributed by atoms with Crippen LogP contribution in [0, 0.1) is 0 Å². The van der Waals surface area contributed by atoms with Crippen LogP contribution in [0.15, 0.2) is 78.2 Å². The van der Waals surface area contributed by atoms with Crippen LogP contribution in [0.25, 0.3) is 11.3 Å². The molecule has 0 radical (unpaired) electrons. The zero-order valence-electron chi connectivity index (χ0n) is 16.8. The smallest absolute Gasteiger partial charge is 0.257 e. The van der Waals surface area contributed by atoms with Gasteiger partial charge >= 0.3 is 0 Å². The summed E-state index contributed by atoms with van der Waals surface area (Å²) in [6, 6.07) is 20.5. The molecular weight excluding hydrogens is 497 g/mol. The quantitative estimate of drug-likeness (QED) is 0.237. The van der Waals surface area contributed by atoms with E-state index in [4.69, 9.17) is 35.4 Å². The average molecular weight is 512 g/mol. The number of nitrogens with one attached hydrogen (secondary N) is 2. The highest BCUT2D eigenvalue weighted by molar-refractivity contribution is 7.80. The van der Waals surface area contributed by atoms with E-state index in [9.17, 15) is 9.59 Å². The summed E-state index contributed by atoms with van der Waals surface area (Å²) in [4.78, 5) is 29.5. The lowest BCUT2D eigenvalue weighted by atomic mass is 10.0. The Labute approximate surface area is 209 Å². The van der Waals surface area contributed by atoms with Gasteiger partial charge in [0.2, 0.25) is 0 Å². The Balaban J connectivity index is 1.37. The third-order valence-corrected chi connectivity index (χ3v) is 6.11. The summed E-state index contributed by atoms with van der Waals surface area (Å²) in [5.74, 6) is -0.510. The van der Waals surface area contributed by atoms with Crippen LogP contribution < -0.4 is 10.6 Å². The van der Waals surface area contributed by atoms with Crippen LogP contribution in [0.5, 0.6) is 0 Å². The maximum Gasteiger partial charge on any atom is 0.257 e. The first-order valence-electron chi connectivity index (χ1n) is 9.64. The predicted octanol–water partition coefficient (Wildman–Crippen LogP) is 6.47. The van der Waals surface area contributed by atoms with Crippen LogP contribution in [-0.2, 0) is 0 Å². The first kappa shape index (κ1) is 23.1. The number of benzene rings is 3. The van der Waals surface area contributed by atoms with Crippen molar-refractivity contribution in [3.05, 3.63) is 105 Å². The summed E-state index contributed by atoms with van der Waals surface area (Å²) in [6.45, 7) is 0. The second-order valence-electron chi connectivity index (χ2n) is 6.84. The SMILES string of the molecule is O=C(NC(=S)Nc1nc(-c2ccc(Cl)cc2Cl)cs1)c1ccc(C(=O)c2ccccc2)cc1. The Kier molecular flexibility index (Phi) is 7.15. The fourth-order valence-electron chi connectivity index (χ4n) is 2.98. The van der Waals surface area contributed by atoms with E-state index in [-0.39, 0.29) is 10.9 Å². The molecule has 2 N–H and O–H groups in total. The topological polar surface area (TPSA) is 71.1 Å².